The minimum atomic E-state index is -0.546. The molecule has 102 valence electrons. The molecule has 5 heteroatoms. The molecule has 18 heavy (non-hydrogen) atoms. The molecule has 1 amide bonds. The molecular formula is C13H21NO4. The Labute approximate surface area is 108 Å². The van der Waals surface area contributed by atoms with Crippen molar-refractivity contribution in [2.75, 3.05) is 7.11 Å². The molecule has 0 aromatic rings. The average molecular weight is 255 g/mol. The summed E-state index contributed by atoms with van der Waals surface area (Å²) in [6.07, 6.45) is 4.55. The van der Waals surface area contributed by atoms with Gasteiger partial charge in [0.05, 0.1) is 13.0 Å². The Morgan fingerprint density at radius 3 is 2.39 bits per heavy atom. The van der Waals surface area contributed by atoms with Crippen molar-refractivity contribution >= 4 is 12.1 Å². The number of amides is 1. The maximum atomic E-state index is 11.7. The molecule has 0 saturated heterocycles. The molecule has 0 aliphatic heterocycles. The number of allylic oxidation sites excluding steroid dienone is 1. The Hall–Kier alpha value is -1.52. The van der Waals surface area contributed by atoms with Gasteiger partial charge in [-0.15, -0.1) is 0 Å². The van der Waals surface area contributed by atoms with E-state index in [1.54, 1.807) is 20.8 Å². The zero-order valence-corrected chi connectivity index (χ0v) is 11.4. The minimum Gasteiger partial charge on any atom is -0.469 e. The van der Waals surface area contributed by atoms with Crippen molar-refractivity contribution in [2.24, 2.45) is 5.92 Å². The van der Waals surface area contributed by atoms with E-state index in [0.717, 1.165) is 0 Å². The van der Waals surface area contributed by atoms with Crippen molar-refractivity contribution in [1.29, 1.82) is 0 Å². The Kier molecular flexibility index (Phi) is 4.76. The average Bonchev–Trinajstić information content (AvgIpc) is 2.26. The number of carbonyl (C=O) groups is 2. The standard InChI is InChI=1S/C13H21NO4/c1-13(2,3)18-12(16)14-10-8-6-5-7-9(10)11(15)17-4/h5-6,9-10H,7-8H2,1-4H3,(H,14,16)/t9-,10+/m0/s1. The number of hydrogen-bond acceptors (Lipinski definition) is 4. The zero-order valence-electron chi connectivity index (χ0n) is 11.4. The van der Waals surface area contributed by atoms with Crippen molar-refractivity contribution in [3.8, 4) is 0 Å². The molecule has 0 aromatic carbocycles. The third-order valence-electron chi connectivity index (χ3n) is 2.64. The molecule has 0 unspecified atom stereocenters. The Bertz CT molecular complexity index is 343. The topological polar surface area (TPSA) is 64.6 Å². The molecule has 5 nitrogen and oxygen atoms in total. The van der Waals surface area contributed by atoms with E-state index in [-0.39, 0.29) is 17.9 Å². The van der Waals surface area contributed by atoms with Gasteiger partial charge in [0.2, 0.25) is 0 Å². The number of ether oxygens (including phenoxy) is 2. The van der Waals surface area contributed by atoms with Gasteiger partial charge in [0.25, 0.3) is 0 Å². The summed E-state index contributed by atoms with van der Waals surface area (Å²) in [5, 5.41) is 2.73. The maximum Gasteiger partial charge on any atom is 0.407 e. The molecule has 1 aliphatic carbocycles. The monoisotopic (exact) mass is 255 g/mol. The lowest BCUT2D eigenvalue weighted by Gasteiger charge is -2.28. The Morgan fingerprint density at radius 1 is 1.22 bits per heavy atom. The Balaban J connectivity index is 2.61. The molecule has 0 saturated carbocycles. The summed E-state index contributed by atoms with van der Waals surface area (Å²) in [6.45, 7) is 5.39. The number of alkyl carbamates (subject to hydrolysis) is 1. The molecule has 0 fully saturated rings. The summed E-state index contributed by atoms with van der Waals surface area (Å²) in [5.41, 5.74) is -0.546. The van der Waals surface area contributed by atoms with Crippen LogP contribution in [-0.2, 0) is 14.3 Å². The van der Waals surface area contributed by atoms with Crippen LogP contribution in [0.2, 0.25) is 0 Å². The van der Waals surface area contributed by atoms with Gasteiger partial charge in [-0.25, -0.2) is 4.79 Å². The van der Waals surface area contributed by atoms with Gasteiger partial charge < -0.3 is 14.8 Å². The highest BCUT2D eigenvalue weighted by atomic mass is 16.6. The van der Waals surface area contributed by atoms with Crippen LogP contribution in [0.15, 0.2) is 12.2 Å². The zero-order chi connectivity index (χ0) is 13.8. The number of methoxy groups -OCH3 is 1. The van der Waals surface area contributed by atoms with Crippen LogP contribution < -0.4 is 5.32 Å². The van der Waals surface area contributed by atoms with Gasteiger partial charge in [-0.2, -0.15) is 0 Å². The van der Waals surface area contributed by atoms with E-state index in [0.29, 0.717) is 12.8 Å². The highest BCUT2D eigenvalue weighted by Gasteiger charge is 2.31. The molecule has 0 heterocycles. The molecule has 0 radical (unpaired) electrons. The summed E-state index contributed by atoms with van der Waals surface area (Å²) < 4.78 is 9.91. The van der Waals surface area contributed by atoms with E-state index in [4.69, 9.17) is 9.47 Å². The van der Waals surface area contributed by atoms with Gasteiger partial charge in [0.1, 0.15) is 5.60 Å². The van der Waals surface area contributed by atoms with Crippen LogP contribution in [0.5, 0.6) is 0 Å². The molecule has 0 aromatic heterocycles. The quantitative estimate of drug-likeness (QED) is 0.605. The van der Waals surface area contributed by atoms with Crippen LogP contribution in [0, 0.1) is 5.92 Å². The van der Waals surface area contributed by atoms with Crippen LogP contribution in [0.3, 0.4) is 0 Å². The van der Waals surface area contributed by atoms with E-state index in [9.17, 15) is 9.59 Å². The van der Waals surface area contributed by atoms with Crippen LogP contribution in [0.4, 0.5) is 4.79 Å². The first kappa shape index (κ1) is 14.5. The van der Waals surface area contributed by atoms with E-state index < -0.39 is 11.7 Å². The van der Waals surface area contributed by atoms with E-state index in [1.807, 2.05) is 12.2 Å². The molecular weight excluding hydrogens is 234 g/mol. The number of rotatable bonds is 2. The smallest absolute Gasteiger partial charge is 0.407 e. The number of hydrogen-bond donors (Lipinski definition) is 1. The Morgan fingerprint density at radius 2 is 1.83 bits per heavy atom. The van der Waals surface area contributed by atoms with Gasteiger partial charge >= 0.3 is 12.1 Å². The minimum absolute atomic E-state index is 0.266. The number of esters is 1. The second-order valence-electron chi connectivity index (χ2n) is 5.33. The van der Waals surface area contributed by atoms with Gasteiger partial charge in [-0.05, 0) is 33.6 Å². The van der Waals surface area contributed by atoms with Crippen LogP contribution in [0.25, 0.3) is 0 Å². The molecule has 0 bridgehead atoms. The summed E-state index contributed by atoms with van der Waals surface area (Å²) in [6, 6.07) is -0.266. The third kappa shape index (κ3) is 4.39. The predicted molar refractivity (Wildman–Crippen MR) is 67.0 cm³/mol. The molecule has 1 rings (SSSR count). The van der Waals surface area contributed by atoms with E-state index >= 15 is 0 Å². The lowest BCUT2D eigenvalue weighted by atomic mass is 9.89. The second-order valence-corrected chi connectivity index (χ2v) is 5.33. The number of carbonyl (C=O) groups excluding carboxylic acids is 2. The van der Waals surface area contributed by atoms with Crippen molar-refractivity contribution in [3.63, 3.8) is 0 Å². The normalized spacial score (nSPS) is 23.3. The second kappa shape index (κ2) is 5.89. The fourth-order valence-corrected chi connectivity index (χ4v) is 1.84. The largest absolute Gasteiger partial charge is 0.469 e. The van der Waals surface area contributed by atoms with Crippen molar-refractivity contribution in [3.05, 3.63) is 12.2 Å². The molecule has 1 aliphatic rings. The fraction of sp³-hybridized carbons (Fsp3) is 0.692. The predicted octanol–water partition coefficient (Wildman–Crippen LogP) is 2.02. The van der Waals surface area contributed by atoms with Gasteiger partial charge in [-0.1, -0.05) is 12.2 Å². The van der Waals surface area contributed by atoms with Crippen molar-refractivity contribution < 1.29 is 19.1 Å². The first-order valence-electron chi connectivity index (χ1n) is 6.06. The molecule has 1 N–H and O–H groups in total. The lowest BCUT2D eigenvalue weighted by molar-refractivity contribution is -0.146. The van der Waals surface area contributed by atoms with E-state index in [1.165, 1.54) is 7.11 Å². The highest BCUT2D eigenvalue weighted by Crippen LogP contribution is 2.21. The maximum absolute atomic E-state index is 11.7. The van der Waals surface area contributed by atoms with Gasteiger partial charge in [0, 0.05) is 6.04 Å². The molecule has 2 atom stereocenters. The first-order chi connectivity index (χ1) is 8.33. The summed E-state index contributed by atoms with van der Waals surface area (Å²) >= 11 is 0. The summed E-state index contributed by atoms with van der Waals surface area (Å²) in [7, 11) is 1.35. The van der Waals surface area contributed by atoms with Crippen LogP contribution >= 0.6 is 0 Å². The van der Waals surface area contributed by atoms with Gasteiger partial charge in [0.15, 0.2) is 0 Å². The van der Waals surface area contributed by atoms with Gasteiger partial charge in [-0.3, -0.25) is 4.79 Å². The van der Waals surface area contributed by atoms with Crippen LogP contribution in [-0.4, -0.2) is 30.8 Å². The molecule has 0 spiro atoms. The van der Waals surface area contributed by atoms with Crippen molar-refractivity contribution in [2.45, 2.75) is 45.3 Å². The lowest BCUT2D eigenvalue weighted by Crippen LogP contribution is -2.46. The SMILES string of the molecule is COC(=O)[C@H]1CC=CC[C@H]1NC(=O)OC(C)(C)C. The van der Waals surface area contributed by atoms with Crippen molar-refractivity contribution in [1.82, 2.24) is 5.32 Å². The van der Waals surface area contributed by atoms with Crippen LogP contribution in [0.1, 0.15) is 33.6 Å². The summed E-state index contributed by atoms with van der Waals surface area (Å²) in [4.78, 5) is 23.3. The number of nitrogens with one attached hydrogen (secondary N) is 1. The highest BCUT2D eigenvalue weighted by molar-refractivity contribution is 5.75. The first-order valence-corrected chi connectivity index (χ1v) is 6.06. The fourth-order valence-electron chi connectivity index (χ4n) is 1.84. The van der Waals surface area contributed by atoms with E-state index in [2.05, 4.69) is 5.32 Å². The third-order valence-corrected chi connectivity index (χ3v) is 2.64. The summed E-state index contributed by atoms with van der Waals surface area (Å²) in [5.74, 6) is -0.645.